The van der Waals surface area contributed by atoms with Crippen molar-refractivity contribution >= 4 is 38.9 Å². The molecule has 18 heavy (non-hydrogen) atoms. The molecule has 0 radical (unpaired) electrons. The molecule has 3 aromatic heterocycles. The first-order chi connectivity index (χ1) is 8.92. The van der Waals surface area contributed by atoms with Crippen molar-refractivity contribution in [1.82, 2.24) is 19.5 Å². The average Bonchev–Trinajstić information content (AvgIpc) is 2.83. The number of hydrogen-bond acceptors (Lipinski definition) is 3. The van der Waals surface area contributed by atoms with Gasteiger partial charge in [0, 0.05) is 29.5 Å². The number of benzene rings is 1. The van der Waals surface area contributed by atoms with Crippen LogP contribution in [-0.2, 0) is 6.54 Å². The van der Waals surface area contributed by atoms with Gasteiger partial charge in [0.1, 0.15) is 6.33 Å². The highest BCUT2D eigenvalue weighted by molar-refractivity contribution is 6.17. The summed E-state index contributed by atoms with van der Waals surface area (Å²) in [4.78, 5) is 13.2. The van der Waals surface area contributed by atoms with Gasteiger partial charge in [0.05, 0.1) is 27.5 Å². The van der Waals surface area contributed by atoms with Gasteiger partial charge in [0.25, 0.3) is 0 Å². The maximum atomic E-state index is 4.49. The molecule has 0 bridgehead atoms. The van der Waals surface area contributed by atoms with Crippen molar-refractivity contribution < 1.29 is 0 Å². The van der Waals surface area contributed by atoms with Crippen LogP contribution in [0.1, 0.15) is 0 Å². The van der Waals surface area contributed by atoms with Crippen LogP contribution < -0.4 is 5.22 Å². The van der Waals surface area contributed by atoms with Crippen molar-refractivity contribution in [3.8, 4) is 0 Å². The molecule has 0 atom stereocenters. The first kappa shape index (κ1) is 8.58. The third kappa shape index (κ3) is 0.829. The molecule has 0 aliphatic carbocycles. The number of pyridine rings is 1. The summed E-state index contributed by atoms with van der Waals surface area (Å²) in [6, 6.07) is 4.11. The fourth-order valence-corrected chi connectivity index (χ4v) is 2.96. The Morgan fingerprint density at radius 1 is 1.00 bits per heavy atom. The summed E-state index contributed by atoms with van der Waals surface area (Å²) >= 11 is 0. The summed E-state index contributed by atoms with van der Waals surface area (Å²) in [5.74, 6) is 0. The predicted octanol–water partition coefficient (Wildman–Crippen LogP) is 1.65. The molecule has 4 nitrogen and oxygen atoms in total. The first-order valence-electron chi connectivity index (χ1n) is 5.93. The van der Waals surface area contributed by atoms with E-state index in [0.29, 0.717) is 0 Å². The molecule has 0 fully saturated rings. The van der Waals surface area contributed by atoms with E-state index in [4.69, 9.17) is 0 Å². The number of aromatic nitrogens is 4. The van der Waals surface area contributed by atoms with Crippen LogP contribution in [0.2, 0.25) is 0 Å². The number of hydrogen-bond donors (Lipinski definition) is 0. The molecular formula is C14H8N4. The van der Waals surface area contributed by atoms with Crippen LogP contribution in [0, 0.1) is 0 Å². The van der Waals surface area contributed by atoms with Crippen LogP contribution in [0.15, 0.2) is 30.9 Å². The molecule has 84 valence electrons. The summed E-state index contributed by atoms with van der Waals surface area (Å²) in [6.07, 6.45) is 7.88. The number of nitrogens with zero attached hydrogens (tertiary/aromatic N) is 4. The lowest BCUT2D eigenvalue weighted by atomic mass is 10.1. The minimum Gasteiger partial charge on any atom is -0.343 e. The van der Waals surface area contributed by atoms with Crippen molar-refractivity contribution in [1.29, 1.82) is 0 Å². The maximum Gasteiger partial charge on any atom is 0.116 e. The quantitative estimate of drug-likeness (QED) is 0.463. The molecule has 0 saturated heterocycles. The molecule has 0 N–H and O–H groups in total. The van der Waals surface area contributed by atoms with Crippen LogP contribution in [0.3, 0.4) is 0 Å². The van der Waals surface area contributed by atoms with Gasteiger partial charge in [-0.1, -0.05) is 6.08 Å². The SMILES string of the molecule is C1=c2cnc3cc4ncnc5ccn(c(c23)c54)C1. The summed E-state index contributed by atoms with van der Waals surface area (Å²) in [5, 5.41) is 3.60. The smallest absolute Gasteiger partial charge is 0.116 e. The predicted molar refractivity (Wildman–Crippen MR) is 70.0 cm³/mol. The molecule has 4 heterocycles. The second-order valence-corrected chi connectivity index (χ2v) is 4.66. The largest absolute Gasteiger partial charge is 0.343 e. The molecule has 1 aliphatic rings. The van der Waals surface area contributed by atoms with Crippen LogP contribution in [0.5, 0.6) is 0 Å². The van der Waals surface area contributed by atoms with E-state index in [1.807, 2.05) is 6.20 Å². The zero-order chi connectivity index (χ0) is 11.7. The van der Waals surface area contributed by atoms with Crippen LogP contribution >= 0.6 is 0 Å². The minimum absolute atomic E-state index is 0.887. The van der Waals surface area contributed by atoms with E-state index in [1.165, 1.54) is 16.1 Å². The van der Waals surface area contributed by atoms with Crippen molar-refractivity contribution in [3.05, 3.63) is 36.1 Å². The lowest BCUT2D eigenvalue weighted by molar-refractivity contribution is 0.881. The molecule has 0 saturated carbocycles. The Labute approximate surface area is 102 Å². The zero-order valence-corrected chi connectivity index (χ0v) is 9.46. The highest BCUT2D eigenvalue weighted by Crippen LogP contribution is 2.30. The molecule has 4 heteroatoms. The lowest BCUT2D eigenvalue weighted by Crippen LogP contribution is -2.11. The van der Waals surface area contributed by atoms with E-state index < -0.39 is 0 Å². The molecule has 0 unspecified atom stereocenters. The Balaban J connectivity index is 2.33. The monoisotopic (exact) mass is 232 g/mol. The van der Waals surface area contributed by atoms with Gasteiger partial charge in [-0.25, -0.2) is 9.97 Å². The van der Waals surface area contributed by atoms with Crippen LogP contribution in [0.4, 0.5) is 0 Å². The molecule has 5 rings (SSSR count). The van der Waals surface area contributed by atoms with Gasteiger partial charge in [0.15, 0.2) is 0 Å². The number of rotatable bonds is 0. The molecular weight excluding hydrogens is 224 g/mol. The van der Waals surface area contributed by atoms with Crippen molar-refractivity contribution in [2.24, 2.45) is 0 Å². The Kier molecular flexibility index (Phi) is 1.27. The van der Waals surface area contributed by atoms with Crippen molar-refractivity contribution in [2.45, 2.75) is 6.54 Å². The minimum atomic E-state index is 0.887. The Hall–Kier alpha value is -2.49. The maximum absolute atomic E-state index is 4.49. The van der Waals surface area contributed by atoms with Crippen LogP contribution in [0.25, 0.3) is 38.9 Å². The topological polar surface area (TPSA) is 43.6 Å². The standard InChI is InChI=1S/C14H8N4/c1-3-18-4-2-9-13-11(17-7-16-9)5-10-12(14(13)18)8(1)6-15-10/h1-2,4-7H,3H2. The van der Waals surface area contributed by atoms with Gasteiger partial charge >= 0.3 is 0 Å². The Morgan fingerprint density at radius 3 is 2.89 bits per heavy atom. The van der Waals surface area contributed by atoms with Crippen molar-refractivity contribution in [2.75, 3.05) is 0 Å². The highest BCUT2D eigenvalue weighted by Gasteiger charge is 2.15. The summed E-state index contributed by atoms with van der Waals surface area (Å²) in [6.45, 7) is 0.887. The van der Waals surface area contributed by atoms with Gasteiger partial charge in [-0.15, -0.1) is 0 Å². The highest BCUT2D eigenvalue weighted by atomic mass is 15.0. The summed E-state index contributed by atoms with van der Waals surface area (Å²) in [5.41, 5.74) is 4.22. The fraction of sp³-hybridized carbons (Fsp3) is 0.0714. The summed E-state index contributed by atoms with van der Waals surface area (Å²) < 4.78 is 2.25. The second-order valence-electron chi connectivity index (χ2n) is 4.66. The first-order valence-corrected chi connectivity index (χ1v) is 5.93. The summed E-state index contributed by atoms with van der Waals surface area (Å²) in [7, 11) is 0. The zero-order valence-electron chi connectivity index (χ0n) is 9.46. The van der Waals surface area contributed by atoms with E-state index in [9.17, 15) is 0 Å². The van der Waals surface area contributed by atoms with Crippen molar-refractivity contribution in [3.63, 3.8) is 0 Å². The van der Waals surface area contributed by atoms with Gasteiger partial charge < -0.3 is 4.57 Å². The van der Waals surface area contributed by atoms with E-state index in [0.717, 1.165) is 28.5 Å². The molecule has 1 aliphatic heterocycles. The van der Waals surface area contributed by atoms with Gasteiger partial charge in [0.2, 0.25) is 0 Å². The molecule has 0 spiro atoms. The van der Waals surface area contributed by atoms with Gasteiger partial charge in [-0.2, -0.15) is 0 Å². The lowest BCUT2D eigenvalue weighted by Gasteiger charge is -2.15. The van der Waals surface area contributed by atoms with Gasteiger partial charge in [-0.3, -0.25) is 4.98 Å². The Bertz CT molecular complexity index is 997. The third-order valence-corrected chi connectivity index (χ3v) is 3.75. The second kappa shape index (κ2) is 2.67. The van der Waals surface area contributed by atoms with Gasteiger partial charge in [-0.05, 0) is 12.1 Å². The third-order valence-electron chi connectivity index (χ3n) is 3.75. The van der Waals surface area contributed by atoms with E-state index in [-0.39, 0.29) is 0 Å². The van der Waals surface area contributed by atoms with Crippen LogP contribution in [-0.4, -0.2) is 19.5 Å². The molecule has 1 aromatic carbocycles. The Morgan fingerprint density at radius 2 is 1.89 bits per heavy atom. The van der Waals surface area contributed by atoms with E-state index >= 15 is 0 Å². The molecule has 4 aromatic rings. The average molecular weight is 232 g/mol. The van der Waals surface area contributed by atoms with E-state index in [1.54, 1.807) is 6.33 Å². The normalized spacial score (nSPS) is 13.8. The molecule has 0 amide bonds. The fourth-order valence-electron chi connectivity index (χ4n) is 2.96. The van der Waals surface area contributed by atoms with E-state index in [2.05, 4.69) is 43.9 Å².